The highest BCUT2D eigenvalue weighted by Gasteiger charge is 2.18. The second-order valence-electron chi connectivity index (χ2n) is 6.47. The Bertz CT molecular complexity index is 418. The molecule has 118 valence electrons. The van der Waals surface area contributed by atoms with Gasteiger partial charge in [-0.3, -0.25) is 4.90 Å². The summed E-state index contributed by atoms with van der Waals surface area (Å²) in [6.07, 6.45) is 4.78. The van der Waals surface area contributed by atoms with Crippen LogP contribution in [-0.4, -0.2) is 50.8 Å². The Labute approximate surface area is 128 Å². The molecule has 0 unspecified atom stereocenters. The molecule has 1 aromatic rings. The number of aryl methyl sites for hydroxylation is 1. The van der Waals surface area contributed by atoms with E-state index in [1.165, 1.54) is 19.3 Å². The molecular formula is C17H28N2O2. The van der Waals surface area contributed by atoms with E-state index in [0.29, 0.717) is 0 Å². The van der Waals surface area contributed by atoms with E-state index in [4.69, 9.17) is 9.15 Å². The Kier molecular flexibility index (Phi) is 5.20. The van der Waals surface area contributed by atoms with Crippen LogP contribution in [0.15, 0.2) is 16.5 Å². The van der Waals surface area contributed by atoms with Crippen molar-refractivity contribution >= 4 is 5.88 Å². The first-order valence-electron chi connectivity index (χ1n) is 8.45. The van der Waals surface area contributed by atoms with Crippen LogP contribution in [0.1, 0.15) is 31.9 Å². The van der Waals surface area contributed by atoms with E-state index in [-0.39, 0.29) is 0 Å². The molecule has 0 N–H and O–H groups in total. The molecule has 0 radical (unpaired) electrons. The van der Waals surface area contributed by atoms with Crippen molar-refractivity contribution in [1.82, 2.24) is 4.90 Å². The van der Waals surface area contributed by atoms with Crippen molar-refractivity contribution < 1.29 is 9.15 Å². The zero-order valence-electron chi connectivity index (χ0n) is 13.2. The summed E-state index contributed by atoms with van der Waals surface area (Å²) in [4.78, 5) is 4.88. The van der Waals surface area contributed by atoms with Gasteiger partial charge in [-0.05, 0) is 37.8 Å². The van der Waals surface area contributed by atoms with Crippen molar-refractivity contribution in [3.8, 4) is 0 Å². The molecule has 4 heteroatoms. The third-order valence-electron chi connectivity index (χ3n) is 4.74. The van der Waals surface area contributed by atoms with Crippen molar-refractivity contribution in [2.75, 3.05) is 50.8 Å². The van der Waals surface area contributed by atoms with E-state index in [1.807, 2.05) is 0 Å². The Morgan fingerprint density at radius 1 is 1.10 bits per heavy atom. The van der Waals surface area contributed by atoms with Crippen LogP contribution in [0.2, 0.25) is 0 Å². The third-order valence-corrected chi connectivity index (χ3v) is 4.74. The molecule has 0 atom stereocenters. The monoisotopic (exact) mass is 292 g/mol. The van der Waals surface area contributed by atoms with Gasteiger partial charge in [0, 0.05) is 38.7 Å². The summed E-state index contributed by atoms with van der Waals surface area (Å²) in [5.74, 6) is 3.07. The SMILES string of the molecule is CC1CCN(c2ccc(CCCN3CCOCC3)o2)CC1. The van der Waals surface area contributed by atoms with Crippen LogP contribution in [0.25, 0.3) is 0 Å². The van der Waals surface area contributed by atoms with Gasteiger partial charge in [-0.2, -0.15) is 0 Å². The Morgan fingerprint density at radius 3 is 2.62 bits per heavy atom. The van der Waals surface area contributed by atoms with Crippen molar-refractivity contribution in [1.29, 1.82) is 0 Å². The lowest BCUT2D eigenvalue weighted by Crippen LogP contribution is -2.36. The van der Waals surface area contributed by atoms with Crippen molar-refractivity contribution in [3.63, 3.8) is 0 Å². The highest BCUT2D eigenvalue weighted by Crippen LogP contribution is 2.25. The van der Waals surface area contributed by atoms with E-state index in [1.54, 1.807) is 0 Å². The van der Waals surface area contributed by atoms with E-state index in [9.17, 15) is 0 Å². The van der Waals surface area contributed by atoms with E-state index in [2.05, 4.69) is 28.9 Å². The fraction of sp³-hybridized carbons (Fsp3) is 0.765. The van der Waals surface area contributed by atoms with Crippen LogP contribution >= 0.6 is 0 Å². The quantitative estimate of drug-likeness (QED) is 0.834. The topological polar surface area (TPSA) is 28.9 Å². The maximum Gasteiger partial charge on any atom is 0.195 e. The number of ether oxygens (including phenoxy) is 1. The molecule has 0 amide bonds. The van der Waals surface area contributed by atoms with Crippen molar-refractivity contribution in [2.45, 2.75) is 32.6 Å². The van der Waals surface area contributed by atoms with Gasteiger partial charge in [0.1, 0.15) is 5.76 Å². The first-order valence-corrected chi connectivity index (χ1v) is 8.45. The Hall–Kier alpha value is -1.00. The van der Waals surface area contributed by atoms with Gasteiger partial charge >= 0.3 is 0 Å². The average Bonchev–Trinajstić information content (AvgIpc) is 2.98. The maximum atomic E-state index is 6.03. The lowest BCUT2D eigenvalue weighted by molar-refractivity contribution is 0.0373. The number of hydrogen-bond acceptors (Lipinski definition) is 4. The van der Waals surface area contributed by atoms with E-state index >= 15 is 0 Å². The molecule has 0 aliphatic carbocycles. The minimum absolute atomic E-state index is 0.865. The van der Waals surface area contributed by atoms with Crippen LogP contribution in [0.4, 0.5) is 5.88 Å². The highest BCUT2D eigenvalue weighted by atomic mass is 16.5. The van der Waals surface area contributed by atoms with Crippen LogP contribution in [0.5, 0.6) is 0 Å². The number of morpholine rings is 1. The molecule has 0 saturated carbocycles. The van der Waals surface area contributed by atoms with E-state index < -0.39 is 0 Å². The predicted molar refractivity (Wildman–Crippen MR) is 84.9 cm³/mol. The minimum Gasteiger partial charge on any atom is -0.446 e. The zero-order valence-corrected chi connectivity index (χ0v) is 13.2. The minimum atomic E-state index is 0.865. The first-order chi connectivity index (χ1) is 10.3. The van der Waals surface area contributed by atoms with Crippen molar-refractivity contribution in [2.24, 2.45) is 5.92 Å². The second-order valence-corrected chi connectivity index (χ2v) is 6.47. The molecule has 21 heavy (non-hydrogen) atoms. The molecule has 0 spiro atoms. The molecule has 2 fully saturated rings. The van der Waals surface area contributed by atoms with Gasteiger partial charge in [-0.25, -0.2) is 0 Å². The van der Waals surface area contributed by atoms with Gasteiger partial charge in [-0.1, -0.05) is 6.92 Å². The molecule has 3 rings (SSSR count). The summed E-state index contributed by atoms with van der Waals surface area (Å²) in [6.45, 7) is 9.71. The molecule has 2 aliphatic heterocycles. The fourth-order valence-corrected chi connectivity index (χ4v) is 3.20. The standard InChI is InChI=1S/C17H28N2O2/c1-15-6-9-19(10-7-15)17-5-4-16(21-17)3-2-8-18-11-13-20-14-12-18/h4-5,15H,2-3,6-14H2,1H3. The zero-order chi connectivity index (χ0) is 14.5. The summed E-state index contributed by atoms with van der Waals surface area (Å²) in [7, 11) is 0. The maximum absolute atomic E-state index is 6.03. The molecule has 1 aromatic heterocycles. The first kappa shape index (κ1) is 14.9. The largest absolute Gasteiger partial charge is 0.446 e. The summed E-state index contributed by atoms with van der Waals surface area (Å²) in [5.41, 5.74) is 0. The molecule has 0 aromatic carbocycles. The number of nitrogens with zero attached hydrogens (tertiary/aromatic N) is 2. The third kappa shape index (κ3) is 4.24. The summed E-state index contributed by atoms with van der Waals surface area (Å²) in [6, 6.07) is 4.31. The number of furan rings is 1. The number of piperidine rings is 1. The van der Waals surface area contributed by atoms with Crippen LogP contribution in [0, 0.1) is 5.92 Å². The molecule has 2 aliphatic rings. The second kappa shape index (κ2) is 7.32. The Balaban J connectivity index is 1.42. The van der Waals surface area contributed by atoms with E-state index in [0.717, 1.165) is 69.9 Å². The Morgan fingerprint density at radius 2 is 1.86 bits per heavy atom. The highest BCUT2D eigenvalue weighted by molar-refractivity contribution is 5.36. The van der Waals surface area contributed by atoms with Gasteiger partial charge in [-0.15, -0.1) is 0 Å². The molecule has 2 saturated heterocycles. The van der Waals surface area contributed by atoms with Gasteiger partial charge < -0.3 is 14.1 Å². The van der Waals surface area contributed by atoms with Crippen LogP contribution in [-0.2, 0) is 11.2 Å². The molecule has 4 nitrogen and oxygen atoms in total. The summed E-state index contributed by atoms with van der Waals surface area (Å²) >= 11 is 0. The van der Waals surface area contributed by atoms with Gasteiger partial charge in [0.15, 0.2) is 5.88 Å². The van der Waals surface area contributed by atoms with Gasteiger partial charge in [0.2, 0.25) is 0 Å². The van der Waals surface area contributed by atoms with Gasteiger partial charge in [0.25, 0.3) is 0 Å². The summed E-state index contributed by atoms with van der Waals surface area (Å²) in [5, 5.41) is 0. The lowest BCUT2D eigenvalue weighted by Gasteiger charge is -2.29. The fourth-order valence-electron chi connectivity index (χ4n) is 3.20. The average molecular weight is 292 g/mol. The lowest BCUT2D eigenvalue weighted by atomic mass is 9.99. The molecule has 3 heterocycles. The number of hydrogen-bond donors (Lipinski definition) is 0. The summed E-state index contributed by atoms with van der Waals surface area (Å²) < 4.78 is 11.4. The molecule has 0 bridgehead atoms. The number of rotatable bonds is 5. The predicted octanol–water partition coefficient (Wildman–Crippen LogP) is 2.78. The van der Waals surface area contributed by atoms with Crippen LogP contribution < -0.4 is 4.90 Å². The molecular weight excluding hydrogens is 264 g/mol. The van der Waals surface area contributed by atoms with Crippen molar-refractivity contribution in [3.05, 3.63) is 17.9 Å². The normalized spacial score (nSPS) is 21.9. The number of anilines is 1. The van der Waals surface area contributed by atoms with Crippen LogP contribution in [0.3, 0.4) is 0 Å². The van der Waals surface area contributed by atoms with Gasteiger partial charge in [0.05, 0.1) is 13.2 Å². The smallest absolute Gasteiger partial charge is 0.195 e.